The molecule has 0 aromatic rings. The molecule has 0 atom stereocenters. The van der Waals surface area contributed by atoms with Gasteiger partial charge in [0.15, 0.2) is 11.5 Å². The van der Waals surface area contributed by atoms with E-state index < -0.39 is 0 Å². The van der Waals surface area contributed by atoms with E-state index >= 15 is 0 Å². The van der Waals surface area contributed by atoms with Crippen LogP contribution in [-0.4, -0.2) is 10.8 Å². The maximum atomic E-state index is 11.8. The second kappa shape index (κ2) is 3.63. The molecule has 3 rings (SSSR count). The van der Waals surface area contributed by atoms with Gasteiger partial charge >= 0.3 is 0 Å². The van der Waals surface area contributed by atoms with Crippen LogP contribution in [-0.2, 0) is 9.63 Å². The van der Waals surface area contributed by atoms with Crippen molar-refractivity contribution in [1.82, 2.24) is 5.06 Å². The Hall–Kier alpha value is -2.29. The number of carbonyl (C=O) groups is 1. The van der Waals surface area contributed by atoms with Crippen molar-refractivity contribution < 1.29 is 9.63 Å². The fourth-order valence-electron chi connectivity index (χ4n) is 1.87. The van der Waals surface area contributed by atoms with Gasteiger partial charge in [-0.2, -0.15) is 5.06 Å². The number of fused-ring (bicyclic) bond motifs is 1. The Morgan fingerprint density at radius 2 is 2.00 bits per heavy atom. The van der Waals surface area contributed by atoms with Crippen LogP contribution >= 0.6 is 0 Å². The Balaban J connectivity index is 2.04. The van der Waals surface area contributed by atoms with Gasteiger partial charge in [0.05, 0.1) is 11.3 Å². The number of allylic oxidation sites excluding steroid dienone is 9. The summed E-state index contributed by atoms with van der Waals surface area (Å²) in [6, 6.07) is 0. The van der Waals surface area contributed by atoms with Crippen molar-refractivity contribution in [3.05, 3.63) is 71.3 Å². The molecule has 3 heteroatoms. The third-order valence-electron chi connectivity index (χ3n) is 2.73. The summed E-state index contributed by atoms with van der Waals surface area (Å²) in [4.78, 5) is 17.4. The molecule has 0 fully saturated rings. The molecule has 0 amide bonds. The van der Waals surface area contributed by atoms with Crippen LogP contribution in [0.4, 0.5) is 0 Å². The molecule has 1 aliphatic carbocycles. The van der Waals surface area contributed by atoms with Gasteiger partial charge in [0.25, 0.3) is 0 Å². The molecule has 3 aliphatic rings. The number of carbonyl (C=O) groups excluding carboxylic acids is 1. The van der Waals surface area contributed by atoms with Gasteiger partial charge < -0.3 is 4.84 Å². The zero-order valence-corrected chi connectivity index (χ0v) is 9.38. The van der Waals surface area contributed by atoms with Gasteiger partial charge in [0, 0.05) is 12.3 Å². The van der Waals surface area contributed by atoms with E-state index in [1.807, 2.05) is 49.6 Å². The predicted molar refractivity (Wildman–Crippen MR) is 64.2 cm³/mol. The Bertz CT molecular complexity index is 571. The molecule has 0 saturated carbocycles. The Morgan fingerprint density at radius 3 is 2.82 bits per heavy atom. The highest BCUT2D eigenvalue weighted by Crippen LogP contribution is 2.29. The van der Waals surface area contributed by atoms with Crippen LogP contribution in [0.2, 0.25) is 0 Å². The Kier molecular flexibility index (Phi) is 2.11. The summed E-state index contributed by atoms with van der Waals surface area (Å²) >= 11 is 0. The molecule has 2 heterocycles. The Labute approximate surface area is 99.3 Å². The minimum Gasteiger partial charge on any atom is -0.374 e. The molecule has 0 aromatic carbocycles. The Morgan fingerprint density at radius 1 is 1.12 bits per heavy atom. The van der Waals surface area contributed by atoms with Gasteiger partial charge in [-0.25, -0.2) is 0 Å². The van der Waals surface area contributed by atoms with Crippen molar-refractivity contribution >= 4 is 5.78 Å². The quantitative estimate of drug-likeness (QED) is 0.593. The van der Waals surface area contributed by atoms with Gasteiger partial charge in [-0.1, -0.05) is 17.7 Å². The fraction of sp³-hybridized carbons (Fsp3) is 0.0714. The highest BCUT2D eigenvalue weighted by Gasteiger charge is 2.23. The summed E-state index contributed by atoms with van der Waals surface area (Å²) in [5, 5.41) is 1.65. The number of hydrogen-bond acceptors (Lipinski definition) is 3. The van der Waals surface area contributed by atoms with Gasteiger partial charge in [-0.15, -0.1) is 0 Å². The number of ketones is 1. The highest BCUT2D eigenvalue weighted by molar-refractivity contribution is 6.08. The first-order valence-corrected chi connectivity index (χ1v) is 5.43. The first-order valence-electron chi connectivity index (χ1n) is 5.43. The number of nitrogens with zero attached hydrogens (tertiary/aromatic N) is 1. The van der Waals surface area contributed by atoms with E-state index in [0.29, 0.717) is 11.3 Å². The smallest absolute Gasteiger partial charge is 0.189 e. The van der Waals surface area contributed by atoms with Crippen LogP contribution in [0.1, 0.15) is 6.92 Å². The van der Waals surface area contributed by atoms with E-state index in [0.717, 1.165) is 11.3 Å². The molecule has 0 aromatic heterocycles. The lowest BCUT2D eigenvalue weighted by Gasteiger charge is -2.16. The van der Waals surface area contributed by atoms with Crippen LogP contribution in [0.15, 0.2) is 71.3 Å². The minimum absolute atomic E-state index is 0.0183. The molecule has 0 unspecified atom stereocenters. The summed E-state index contributed by atoms with van der Waals surface area (Å²) in [5.74, 6) is 0.583. The van der Waals surface area contributed by atoms with Crippen LogP contribution in [0, 0.1) is 0 Å². The second-order valence-corrected chi connectivity index (χ2v) is 4.05. The molecule has 0 saturated heterocycles. The molecule has 17 heavy (non-hydrogen) atoms. The van der Waals surface area contributed by atoms with Crippen LogP contribution < -0.4 is 0 Å². The van der Waals surface area contributed by atoms with E-state index in [2.05, 4.69) is 0 Å². The maximum absolute atomic E-state index is 11.8. The van der Waals surface area contributed by atoms with Gasteiger partial charge in [-0.3, -0.25) is 4.79 Å². The third-order valence-corrected chi connectivity index (χ3v) is 2.73. The van der Waals surface area contributed by atoms with E-state index in [-0.39, 0.29) is 5.78 Å². The average Bonchev–Trinajstić information content (AvgIpc) is 2.75. The van der Waals surface area contributed by atoms with E-state index in [4.69, 9.17) is 4.84 Å². The SMILES string of the molecule is CC1=C/C(=C2\C=C3C=CC=CN3O2)C(=O)C=C1. The molecule has 0 radical (unpaired) electrons. The third kappa shape index (κ3) is 1.65. The lowest BCUT2D eigenvalue weighted by atomic mass is 10.0. The molecule has 3 nitrogen and oxygen atoms in total. The monoisotopic (exact) mass is 225 g/mol. The predicted octanol–water partition coefficient (Wildman–Crippen LogP) is 2.54. The van der Waals surface area contributed by atoms with Crippen molar-refractivity contribution in [2.45, 2.75) is 6.92 Å². The molecule has 84 valence electrons. The normalized spacial score (nSPS) is 25.7. The number of hydroxylamine groups is 2. The van der Waals surface area contributed by atoms with Crippen LogP contribution in [0.5, 0.6) is 0 Å². The van der Waals surface area contributed by atoms with E-state index in [1.165, 1.54) is 0 Å². The number of hydrogen-bond donors (Lipinski definition) is 0. The largest absolute Gasteiger partial charge is 0.374 e. The molecule has 0 N–H and O–H groups in total. The first-order chi connectivity index (χ1) is 8.24. The van der Waals surface area contributed by atoms with Crippen LogP contribution in [0.3, 0.4) is 0 Å². The highest BCUT2D eigenvalue weighted by atomic mass is 16.7. The summed E-state index contributed by atoms with van der Waals surface area (Å²) in [6.45, 7) is 1.96. The van der Waals surface area contributed by atoms with Crippen LogP contribution in [0.25, 0.3) is 0 Å². The van der Waals surface area contributed by atoms with E-state index in [9.17, 15) is 4.79 Å². The van der Waals surface area contributed by atoms with Gasteiger partial charge in [0.2, 0.25) is 0 Å². The molecule has 0 bridgehead atoms. The summed E-state index contributed by atoms with van der Waals surface area (Å²) in [7, 11) is 0. The average molecular weight is 225 g/mol. The van der Waals surface area contributed by atoms with Crippen molar-refractivity contribution in [3.8, 4) is 0 Å². The lowest BCUT2D eigenvalue weighted by Crippen LogP contribution is -2.12. The fourth-order valence-corrected chi connectivity index (χ4v) is 1.87. The standard InChI is InChI=1S/C14H11NO2/c1-10-5-6-13(16)12(8-10)14-9-11-4-2-3-7-15(11)17-14/h2-9H,1H3/b14-12-. The molecular formula is C14H11NO2. The zero-order chi connectivity index (χ0) is 11.8. The molecule has 2 aliphatic heterocycles. The number of rotatable bonds is 0. The second-order valence-electron chi connectivity index (χ2n) is 4.05. The zero-order valence-electron chi connectivity index (χ0n) is 9.38. The van der Waals surface area contributed by atoms with E-state index in [1.54, 1.807) is 11.1 Å². The van der Waals surface area contributed by atoms with Crippen molar-refractivity contribution in [2.24, 2.45) is 0 Å². The summed E-state index contributed by atoms with van der Waals surface area (Å²) < 4.78 is 0. The van der Waals surface area contributed by atoms with Gasteiger partial charge in [0.1, 0.15) is 0 Å². The maximum Gasteiger partial charge on any atom is 0.189 e. The van der Waals surface area contributed by atoms with Crippen molar-refractivity contribution in [1.29, 1.82) is 0 Å². The summed E-state index contributed by atoms with van der Waals surface area (Å²) in [6.07, 6.45) is 14.7. The first kappa shape index (κ1) is 9.90. The van der Waals surface area contributed by atoms with Crippen molar-refractivity contribution in [3.63, 3.8) is 0 Å². The summed E-state index contributed by atoms with van der Waals surface area (Å²) in [5.41, 5.74) is 2.59. The lowest BCUT2D eigenvalue weighted by molar-refractivity contribution is -0.111. The van der Waals surface area contributed by atoms with Crippen molar-refractivity contribution in [2.75, 3.05) is 0 Å². The van der Waals surface area contributed by atoms with Gasteiger partial charge in [-0.05, 0) is 31.2 Å². The minimum atomic E-state index is -0.0183. The topological polar surface area (TPSA) is 29.5 Å². The molecular weight excluding hydrogens is 214 g/mol. The molecule has 0 spiro atoms.